The number of hydrogen-bond donors (Lipinski definition) is 1. The van der Waals surface area contributed by atoms with Gasteiger partial charge in [0.2, 0.25) is 0 Å². The largest absolute Gasteiger partial charge is 0.457 e. The lowest BCUT2D eigenvalue weighted by Gasteiger charge is -2.52. The van der Waals surface area contributed by atoms with Gasteiger partial charge < -0.3 is 19.3 Å². The van der Waals surface area contributed by atoms with Crippen LogP contribution in [0.15, 0.2) is 36.4 Å². The van der Waals surface area contributed by atoms with Gasteiger partial charge in [-0.3, -0.25) is 0 Å². The highest BCUT2D eigenvalue weighted by atomic mass is 16.6. The van der Waals surface area contributed by atoms with E-state index in [0.717, 1.165) is 24.0 Å². The second-order valence-corrected chi connectivity index (χ2v) is 10.5. The van der Waals surface area contributed by atoms with E-state index >= 15 is 0 Å². The molecule has 180 valence electrons. The molecule has 2 saturated heterocycles. The standard InChI is InChI=1S/C27H36O6/c1-16(2)27-14-21(31-23(30)15-28)26(5,33-27)20-12-11-17(3)24(20)25(27)32-22(29)13-18(4)19-9-7-6-8-10-19/h6-10,13,16-17,20-21,24-25,28H,11-12,14-15H2,1-5H3/b18-13+/t17-,20-,21-,24-,25+,26-,27+/m1/s1. The van der Waals surface area contributed by atoms with Crippen molar-refractivity contribution in [1.82, 2.24) is 0 Å². The van der Waals surface area contributed by atoms with Crippen LogP contribution >= 0.6 is 0 Å². The van der Waals surface area contributed by atoms with Crippen molar-refractivity contribution in [3.05, 3.63) is 42.0 Å². The van der Waals surface area contributed by atoms with Gasteiger partial charge in [0.1, 0.15) is 30.0 Å². The first-order valence-corrected chi connectivity index (χ1v) is 12.1. The zero-order chi connectivity index (χ0) is 24.0. The lowest BCUT2D eigenvalue weighted by atomic mass is 9.69. The molecule has 2 bridgehead atoms. The van der Waals surface area contributed by atoms with E-state index in [9.17, 15) is 14.7 Å². The van der Waals surface area contributed by atoms with E-state index in [2.05, 4.69) is 20.8 Å². The molecule has 1 aliphatic carbocycles. The lowest BCUT2D eigenvalue weighted by Crippen LogP contribution is -2.62. The number of fused-ring (bicyclic) bond motifs is 4. The maximum atomic E-state index is 13.1. The Bertz CT molecular complexity index is 924. The number of carbonyl (C=O) groups excluding carboxylic acids is 2. The zero-order valence-corrected chi connectivity index (χ0v) is 20.2. The maximum absolute atomic E-state index is 13.1. The zero-order valence-electron chi connectivity index (χ0n) is 20.2. The van der Waals surface area contributed by atoms with Gasteiger partial charge in [0, 0.05) is 18.4 Å². The van der Waals surface area contributed by atoms with Crippen molar-refractivity contribution in [2.75, 3.05) is 6.61 Å². The molecule has 1 N–H and O–H groups in total. The molecule has 4 rings (SSSR count). The summed E-state index contributed by atoms with van der Waals surface area (Å²) in [5.41, 5.74) is 0.407. The molecule has 1 aromatic carbocycles. The molecule has 3 fully saturated rings. The second kappa shape index (κ2) is 8.88. The predicted molar refractivity (Wildman–Crippen MR) is 124 cm³/mol. The molecular weight excluding hydrogens is 420 g/mol. The Morgan fingerprint density at radius 3 is 2.55 bits per heavy atom. The molecule has 0 unspecified atom stereocenters. The number of aliphatic hydroxyl groups is 1. The molecule has 7 atom stereocenters. The predicted octanol–water partition coefficient (Wildman–Crippen LogP) is 4.16. The fourth-order valence-electron chi connectivity index (χ4n) is 6.56. The van der Waals surface area contributed by atoms with Gasteiger partial charge in [-0.15, -0.1) is 0 Å². The van der Waals surface area contributed by atoms with Gasteiger partial charge in [0.05, 0.1) is 0 Å². The number of ether oxygens (including phenoxy) is 3. The molecule has 33 heavy (non-hydrogen) atoms. The molecule has 1 saturated carbocycles. The Morgan fingerprint density at radius 1 is 1.21 bits per heavy atom. The molecule has 6 nitrogen and oxygen atoms in total. The molecule has 2 aliphatic heterocycles. The number of esters is 2. The topological polar surface area (TPSA) is 82.1 Å². The number of allylic oxidation sites excluding steroid dienone is 1. The van der Waals surface area contributed by atoms with E-state index < -0.39 is 36.0 Å². The van der Waals surface area contributed by atoms with E-state index in [1.54, 1.807) is 6.08 Å². The third kappa shape index (κ3) is 4.01. The fraction of sp³-hybridized carbons (Fsp3) is 0.630. The van der Waals surface area contributed by atoms with Crippen LogP contribution in [0.1, 0.15) is 59.4 Å². The Balaban J connectivity index is 1.68. The van der Waals surface area contributed by atoms with E-state index in [-0.39, 0.29) is 23.7 Å². The monoisotopic (exact) mass is 456 g/mol. The average Bonchev–Trinajstić information content (AvgIpc) is 3.30. The summed E-state index contributed by atoms with van der Waals surface area (Å²) in [6.45, 7) is 9.63. The summed E-state index contributed by atoms with van der Waals surface area (Å²) in [5, 5.41) is 9.28. The van der Waals surface area contributed by atoms with Crippen LogP contribution in [0.25, 0.3) is 5.57 Å². The van der Waals surface area contributed by atoms with Crippen molar-refractivity contribution in [3.63, 3.8) is 0 Å². The first kappa shape index (κ1) is 24.0. The Labute approximate surface area is 196 Å². The molecule has 0 spiro atoms. The van der Waals surface area contributed by atoms with Crippen LogP contribution in [0.2, 0.25) is 0 Å². The Kier molecular flexibility index (Phi) is 6.45. The van der Waals surface area contributed by atoms with Crippen molar-refractivity contribution in [2.24, 2.45) is 23.7 Å². The molecule has 2 heterocycles. The summed E-state index contributed by atoms with van der Waals surface area (Å²) in [7, 11) is 0. The minimum Gasteiger partial charge on any atom is -0.457 e. The highest BCUT2D eigenvalue weighted by Gasteiger charge is 2.72. The smallest absolute Gasteiger partial charge is 0.332 e. The van der Waals surface area contributed by atoms with Crippen molar-refractivity contribution < 1.29 is 28.9 Å². The SMILES string of the molecule is C/C(=C\C(=O)O[C@H]1[C@@H]2[C@H](C)CC[C@H]2[C@@]2(C)O[C@]1(C(C)C)C[C@H]2OC(=O)CO)c1ccccc1. The van der Waals surface area contributed by atoms with Crippen LogP contribution in [-0.2, 0) is 23.8 Å². The van der Waals surface area contributed by atoms with E-state index in [1.807, 2.05) is 44.2 Å². The first-order chi connectivity index (χ1) is 15.6. The second-order valence-electron chi connectivity index (χ2n) is 10.5. The third-order valence-electron chi connectivity index (χ3n) is 8.36. The van der Waals surface area contributed by atoms with E-state index in [0.29, 0.717) is 12.3 Å². The quantitative estimate of drug-likeness (QED) is 0.511. The summed E-state index contributed by atoms with van der Waals surface area (Å²) in [6, 6.07) is 9.77. The highest BCUT2D eigenvalue weighted by molar-refractivity contribution is 5.91. The molecule has 0 radical (unpaired) electrons. The lowest BCUT2D eigenvalue weighted by molar-refractivity contribution is -0.264. The minimum atomic E-state index is -0.751. The third-order valence-corrected chi connectivity index (χ3v) is 8.36. The number of carbonyl (C=O) groups is 2. The molecule has 1 aromatic rings. The van der Waals surface area contributed by atoms with Crippen molar-refractivity contribution in [3.8, 4) is 0 Å². The van der Waals surface area contributed by atoms with Gasteiger partial charge in [-0.2, -0.15) is 0 Å². The highest BCUT2D eigenvalue weighted by Crippen LogP contribution is 2.63. The summed E-state index contributed by atoms with van der Waals surface area (Å²) in [4.78, 5) is 25.2. The summed E-state index contributed by atoms with van der Waals surface area (Å²) in [5.74, 6) is -0.383. The first-order valence-electron chi connectivity index (χ1n) is 12.1. The van der Waals surface area contributed by atoms with Crippen molar-refractivity contribution in [1.29, 1.82) is 0 Å². The van der Waals surface area contributed by atoms with Crippen LogP contribution in [0.4, 0.5) is 0 Å². The van der Waals surface area contributed by atoms with Crippen LogP contribution < -0.4 is 0 Å². The van der Waals surface area contributed by atoms with E-state index in [4.69, 9.17) is 14.2 Å². The van der Waals surface area contributed by atoms with Gasteiger partial charge in [-0.25, -0.2) is 9.59 Å². The molecule has 0 aromatic heterocycles. The van der Waals surface area contributed by atoms with Crippen molar-refractivity contribution >= 4 is 17.5 Å². The number of rotatable bonds is 6. The Hall–Kier alpha value is -2.18. The molecule has 3 aliphatic rings. The summed E-state index contributed by atoms with van der Waals surface area (Å²) in [6.07, 6.45) is 3.03. The fourth-order valence-corrected chi connectivity index (χ4v) is 6.56. The number of aliphatic hydroxyl groups excluding tert-OH is 1. The number of benzene rings is 1. The van der Waals surface area contributed by atoms with Crippen LogP contribution in [0.5, 0.6) is 0 Å². The number of hydrogen-bond acceptors (Lipinski definition) is 6. The summed E-state index contributed by atoms with van der Waals surface area (Å²) >= 11 is 0. The summed E-state index contributed by atoms with van der Waals surface area (Å²) < 4.78 is 18.8. The maximum Gasteiger partial charge on any atom is 0.332 e. The molecule has 6 heteroatoms. The molecular formula is C27H36O6. The van der Waals surface area contributed by atoms with Gasteiger partial charge >= 0.3 is 11.9 Å². The normalized spacial score (nSPS) is 37.7. The van der Waals surface area contributed by atoms with Crippen molar-refractivity contribution in [2.45, 2.75) is 77.3 Å². The van der Waals surface area contributed by atoms with Crippen LogP contribution in [0, 0.1) is 23.7 Å². The van der Waals surface area contributed by atoms with Crippen LogP contribution in [0.3, 0.4) is 0 Å². The minimum absolute atomic E-state index is 0.0420. The Morgan fingerprint density at radius 2 is 1.91 bits per heavy atom. The average molecular weight is 457 g/mol. The van der Waals surface area contributed by atoms with Gasteiger partial charge in [0.25, 0.3) is 0 Å². The van der Waals surface area contributed by atoms with Crippen LogP contribution in [-0.4, -0.2) is 47.1 Å². The van der Waals surface area contributed by atoms with E-state index in [1.165, 1.54) is 0 Å². The van der Waals surface area contributed by atoms with Gasteiger partial charge in [0.15, 0.2) is 0 Å². The van der Waals surface area contributed by atoms with Gasteiger partial charge in [-0.1, -0.05) is 51.1 Å². The van der Waals surface area contributed by atoms with Gasteiger partial charge in [-0.05, 0) is 55.6 Å². The molecule has 0 amide bonds.